The largest absolute Gasteiger partial charge is 0.466 e. The molecule has 0 unspecified atom stereocenters. The minimum Gasteiger partial charge on any atom is -0.466 e. The van der Waals surface area contributed by atoms with Gasteiger partial charge in [-0.2, -0.15) is 13.2 Å². The molecule has 1 atom stereocenters. The minimum absolute atomic E-state index is 0.0321. The number of rotatable bonds is 3. The van der Waals surface area contributed by atoms with Gasteiger partial charge in [0.2, 0.25) is 0 Å². The van der Waals surface area contributed by atoms with Crippen LogP contribution in [0.5, 0.6) is 0 Å². The Hall–Kier alpha value is -2.31. The van der Waals surface area contributed by atoms with Crippen LogP contribution < -0.4 is 5.32 Å². The van der Waals surface area contributed by atoms with Crippen LogP contribution in [-0.4, -0.2) is 10.9 Å². The lowest BCUT2D eigenvalue weighted by Crippen LogP contribution is -2.28. The van der Waals surface area contributed by atoms with Crippen molar-refractivity contribution in [1.82, 2.24) is 10.3 Å². The molecule has 0 aliphatic carbocycles. The molecule has 4 nitrogen and oxygen atoms in total. The van der Waals surface area contributed by atoms with Crippen molar-refractivity contribution in [3.8, 4) is 0 Å². The molecular weight excluding hydrogens is 309 g/mol. The van der Waals surface area contributed by atoms with E-state index in [1.54, 1.807) is 20.8 Å². The highest BCUT2D eigenvalue weighted by Crippen LogP contribution is 2.28. The van der Waals surface area contributed by atoms with E-state index in [4.69, 9.17) is 4.42 Å². The first-order valence-electron chi connectivity index (χ1n) is 7.02. The lowest BCUT2D eigenvalue weighted by molar-refractivity contribution is -0.141. The zero-order valence-corrected chi connectivity index (χ0v) is 13.2. The SMILES string of the molecule is Cc1cc([C@H](C)NC(=O)c2ccc(C(F)(F)F)nc2C)c(C)o1. The van der Waals surface area contributed by atoms with Crippen molar-refractivity contribution in [2.75, 3.05) is 0 Å². The first kappa shape index (κ1) is 17.1. The predicted octanol–water partition coefficient (Wildman–Crippen LogP) is 4.11. The van der Waals surface area contributed by atoms with E-state index in [0.717, 1.165) is 23.5 Å². The van der Waals surface area contributed by atoms with Crippen LogP contribution in [-0.2, 0) is 6.18 Å². The number of hydrogen-bond acceptors (Lipinski definition) is 3. The van der Waals surface area contributed by atoms with E-state index in [0.29, 0.717) is 5.76 Å². The third-order valence-corrected chi connectivity index (χ3v) is 3.51. The molecule has 7 heteroatoms. The van der Waals surface area contributed by atoms with Crippen molar-refractivity contribution in [2.45, 2.75) is 39.9 Å². The summed E-state index contributed by atoms with van der Waals surface area (Å²) >= 11 is 0. The summed E-state index contributed by atoms with van der Waals surface area (Å²) in [4.78, 5) is 15.7. The molecule has 0 aliphatic rings. The van der Waals surface area contributed by atoms with Gasteiger partial charge >= 0.3 is 6.18 Å². The normalized spacial score (nSPS) is 13.0. The maximum Gasteiger partial charge on any atom is 0.433 e. The first-order chi connectivity index (χ1) is 10.6. The summed E-state index contributed by atoms with van der Waals surface area (Å²) in [5.41, 5.74) is -0.0402. The van der Waals surface area contributed by atoms with Crippen LogP contribution in [0.3, 0.4) is 0 Å². The minimum atomic E-state index is -4.53. The fourth-order valence-corrected chi connectivity index (χ4v) is 2.39. The molecule has 1 N–H and O–H groups in total. The number of alkyl halides is 3. The summed E-state index contributed by atoms with van der Waals surface area (Å²) in [6.45, 7) is 6.75. The second-order valence-corrected chi connectivity index (χ2v) is 5.39. The van der Waals surface area contributed by atoms with Crippen LogP contribution >= 0.6 is 0 Å². The number of nitrogens with zero attached hydrogens (tertiary/aromatic N) is 1. The highest BCUT2D eigenvalue weighted by molar-refractivity contribution is 5.95. The van der Waals surface area contributed by atoms with Crippen LogP contribution in [0.25, 0.3) is 0 Å². The molecule has 0 bridgehead atoms. The highest BCUT2D eigenvalue weighted by Gasteiger charge is 2.33. The number of carbonyl (C=O) groups is 1. The Morgan fingerprint density at radius 3 is 2.39 bits per heavy atom. The molecular formula is C16H17F3N2O2. The van der Waals surface area contributed by atoms with Gasteiger partial charge < -0.3 is 9.73 Å². The van der Waals surface area contributed by atoms with Gasteiger partial charge in [0.05, 0.1) is 17.3 Å². The maximum absolute atomic E-state index is 12.6. The third kappa shape index (κ3) is 3.72. The van der Waals surface area contributed by atoms with Gasteiger partial charge in [-0.3, -0.25) is 4.79 Å². The third-order valence-electron chi connectivity index (χ3n) is 3.51. The Morgan fingerprint density at radius 1 is 1.26 bits per heavy atom. The summed E-state index contributed by atoms with van der Waals surface area (Å²) in [6.07, 6.45) is -4.53. The topological polar surface area (TPSA) is 55.1 Å². The molecule has 124 valence electrons. The maximum atomic E-state index is 12.6. The van der Waals surface area contributed by atoms with Crippen molar-refractivity contribution in [3.63, 3.8) is 0 Å². The van der Waals surface area contributed by atoms with Crippen molar-refractivity contribution in [3.05, 3.63) is 52.2 Å². The zero-order chi connectivity index (χ0) is 17.4. The van der Waals surface area contributed by atoms with Crippen molar-refractivity contribution in [1.29, 1.82) is 0 Å². The van der Waals surface area contributed by atoms with E-state index in [-0.39, 0.29) is 17.3 Å². The molecule has 2 heterocycles. The number of furan rings is 1. The molecule has 2 aromatic rings. The zero-order valence-electron chi connectivity index (χ0n) is 13.2. The number of halogens is 3. The van der Waals surface area contributed by atoms with Gasteiger partial charge in [-0.15, -0.1) is 0 Å². The number of aryl methyl sites for hydroxylation is 3. The Kier molecular flexibility index (Phi) is 4.49. The van der Waals surface area contributed by atoms with Crippen molar-refractivity contribution >= 4 is 5.91 Å². The van der Waals surface area contributed by atoms with Gasteiger partial charge in [0, 0.05) is 5.56 Å². The Morgan fingerprint density at radius 2 is 1.91 bits per heavy atom. The number of aromatic nitrogens is 1. The van der Waals surface area contributed by atoms with Gasteiger partial charge in [0.1, 0.15) is 17.2 Å². The van der Waals surface area contributed by atoms with Crippen LogP contribution in [0.1, 0.15) is 51.8 Å². The average molecular weight is 326 g/mol. The second-order valence-electron chi connectivity index (χ2n) is 5.39. The number of carbonyl (C=O) groups excluding carboxylic acids is 1. The van der Waals surface area contributed by atoms with Gasteiger partial charge in [-0.1, -0.05) is 0 Å². The van der Waals surface area contributed by atoms with E-state index >= 15 is 0 Å². The van der Waals surface area contributed by atoms with E-state index in [1.165, 1.54) is 6.92 Å². The molecule has 2 aromatic heterocycles. The van der Waals surface area contributed by atoms with Crippen LogP contribution in [0.15, 0.2) is 22.6 Å². The quantitative estimate of drug-likeness (QED) is 0.923. The summed E-state index contributed by atoms with van der Waals surface area (Å²) in [5.74, 6) is 0.943. The lowest BCUT2D eigenvalue weighted by Gasteiger charge is -2.15. The Bertz CT molecular complexity index is 735. The molecule has 0 saturated carbocycles. The molecule has 0 fully saturated rings. The predicted molar refractivity (Wildman–Crippen MR) is 78.0 cm³/mol. The smallest absolute Gasteiger partial charge is 0.433 e. The number of amides is 1. The summed E-state index contributed by atoms with van der Waals surface area (Å²) < 4.78 is 43.2. The molecule has 1 amide bonds. The molecule has 0 aliphatic heterocycles. The molecule has 0 spiro atoms. The molecule has 2 rings (SSSR count). The molecule has 0 saturated heterocycles. The van der Waals surface area contributed by atoms with Crippen LogP contribution in [0, 0.1) is 20.8 Å². The molecule has 0 aromatic carbocycles. The first-order valence-corrected chi connectivity index (χ1v) is 7.02. The molecule has 0 radical (unpaired) electrons. The van der Waals surface area contributed by atoms with Gasteiger partial charge in [0.15, 0.2) is 0 Å². The Balaban J connectivity index is 2.19. The fraction of sp³-hybridized carbons (Fsp3) is 0.375. The van der Waals surface area contributed by atoms with E-state index in [1.807, 2.05) is 6.07 Å². The highest BCUT2D eigenvalue weighted by atomic mass is 19.4. The second kappa shape index (κ2) is 6.06. The summed E-state index contributed by atoms with van der Waals surface area (Å²) in [6, 6.07) is 3.43. The summed E-state index contributed by atoms with van der Waals surface area (Å²) in [7, 11) is 0. The van der Waals surface area contributed by atoms with Crippen LogP contribution in [0.2, 0.25) is 0 Å². The van der Waals surface area contributed by atoms with Crippen LogP contribution in [0.4, 0.5) is 13.2 Å². The van der Waals surface area contributed by atoms with Gasteiger partial charge in [0.25, 0.3) is 5.91 Å². The lowest BCUT2D eigenvalue weighted by atomic mass is 10.1. The number of pyridine rings is 1. The van der Waals surface area contributed by atoms with E-state index in [2.05, 4.69) is 10.3 Å². The van der Waals surface area contributed by atoms with E-state index in [9.17, 15) is 18.0 Å². The average Bonchev–Trinajstić information content (AvgIpc) is 2.76. The van der Waals surface area contributed by atoms with E-state index < -0.39 is 17.8 Å². The summed E-state index contributed by atoms with van der Waals surface area (Å²) in [5, 5.41) is 2.75. The standard InChI is InChI=1S/C16H17F3N2O2/c1-8-7-13(11(4)23-8)10(3)21-15(22)12-5-6-14(16(17,18)19)20-9(12)2/h5-7,10H,1-4H3,(H,21,22)/t10-/m0/s1. The molecule has 23 heavy (non-hydrogen) atoms. The van der Waals surface area contributed by atoms with Crippen molar-refractivity contribution in [2.24, 2.45) is 0 Å². The fourth-order valence-electron chi connectivity index (χ4n) is 2.39. The van der Waals surface area contributed by atoms with Crippen molar-refractivity contribution < 1.29 is 22.4 Å². The monoisotopic (exact) mass is 326 g/mol. The van der Waals surface area contributed by atoms with Gasteiger partial charge in [-0.05, 0) is 45.9 Å². The van der Waals surface area contributed by atoms with Gasteiger partial charge in [-0.25, -0.2) is 4.98 Å². The number of hydrogen-bond donors (Lipinski definition) is 1. The Labute approximate surface area is 131 Å². The number of nitrogens with one attached hydrogen (secondary N) is 1.